The monoisotopic (exact) mass is 350 g/mol. The first-order valence-electron chi connectivity index (χ1n) is 7.43. The van der Waals surface area contributed by atoms with Gasteiger partial charge in [0.15, 0.2) is 0 Å². The summed E-state index contributed by atoms with van der Waals surface area (Å²) in [6, 6.07) is 12.4. The maximum Gasteiger partial charge on any atom is 0.0731 e. The third kappa shape index (κ3) is 2.35. The Kier molecular flexibility index (Phi) is 3.51. The van der Waals surface area contributed by atoms with Crippen LogP contribution < -0.4 is 0 Å². The lowest BCUT2D eigenvalue weighted by Crippen LogP contribution is -2.03. The van der Waals surface area contributed by atoms with Crippen LogP contribution in [0.5, 0.6) is 0 Å². The Morgan fingerprint density at radius 2 is 1.91 bits per heavy atom. The maximum atomic E-state index is 4.82. The predicted molar refractivity (Wildman–Crippen MR) is 95.1 cm³/mol. The Morgan fingerprint density at radius 3 is 2.82 bits per heavy atom. The molecule has 0 atom stereocenters. The van der Waals surface area contributed by atoms with Gasteiger partial charge in [0, 0.05) is 28.7 Å². The zero-order chi connectivity index (χ0) is 14.9. The maximum absolute atomic E-state index is 4.82. The SMILES string of the molecule is BrCC1=Cc2c(cncc2-c2ccc3ccccc3n2)CC1. The van der Waals surface area contributed by atoms with E-state index in [4.69, 9.17) is 4.98 Å². The van der Waals surface area contributed by atoms with Crippen LogP contribution in [0.3, 0.4) is 0 Å². The van der Waals surface area contributed by atoms with Gasteiger partial charge in [-0.15, -0.1) is 0 Å². The van der Waals surface area contributed by atoms with Gasteiger partial charge >= 0.3 is 0 Å². The van der Waals surface area contributed by atoms with Crippen molar-refractivity contribution in [3.8, 4) is 11.3 Å². The molecule has 0 amide bonds. The fourth-order valence-corrected chi connectivity index (χ4v) is 3.42. The Bertz CT molecular complexity index is 883. The van der Waals surface area contributed by atoms with E-state index < -0.39 is 0 Å². The molecule has 0 saturated heterocycles. The molecule has 108 valence electrons. The van der Waals surface area contributed by atoms with E-state index in [9.17, 15) is 0 Å². The quantitative estimate of drug-likeness (QED) is 0.606. The molecular formula is C19H15BrN2. The number of hydrogen-bond acceptors (Lipinski definition) is 2. The van der Waals surface area contributed by atoms with Crippen molar-refractivity contribution in [1.29, 1.82) is 0 Å². The van der Waals surface area contributed by atoms with Crippen LogP contribution in [0.25, 0.3) is 28.2 Å². The highest BCUT2D eigenvalue weighted by atomic mass is 79.9. The van der Waals surface area contributed by atoms with Crippen molar-refractivity contribution in [3.05, 3.63) is 65.5 Å². The molecule has 1 aliphatic rings. The summed E-state index contributed by atoms with van der Waals surface area (Å²) in [5, 5.41) is 2.10. The van der Waals surface area contributed by atoms with E-state index >= 15 is 0 Å². The van der Waals surface area contributed by atoms with E-state index in [1.807, 2.05) is 24.5 Å². The van der Waals surface area contributed by atoms with Crippen LogP contribution in [0.4, 0.5) is 0 Å². The average molecular weight is 351 g/mol. The van der Waals surface area contributed by atoms with Crippen molar-refractivity contribution in [2.75, 3.05) is 5.33 Å². The third-order valence-electron chi connectivity index (χ3n) is 4.18. The number of aromatic nitrogens is 2. The summed E-state index contributed by atoms with van der Waals surface area (Å²) in [5.41, 5.74) is 7.17. The van der Waals surface area contributed by atoms with Gasteiger partial charge in [0.2, 0.25) is 0 Å². The normalized spacial score (nSPS) is 13.8. The lowest BCUT2D eigenvalue weighted by molar-refractivity contribution is 0.923. The van der Waals surface area contributed by atoms with Crippen molar-refractivity contribution in [2.24, 2.45) is 0 Å². The number of para-hydroxylation sites is 1. The number of alkyl halides is 1. The molecule has 2 nitrogen and oxygen atoms in total. The van der Waals surface area contributed by atoms with Crippen LogP contribution in [0, 0.1) is 0 Å². The highest BCUT2D eigenvalue weighted by molar-refractivity contribution is 9.09. The van der Waals surface area contributed by atoms with Crippen molar-refractivity contribution in [3.63, 3.8) is 0 Å². The van der Waals surface area contributed by atoms with Crippen molar-refractivity contribution in [1.82, 2.24) is 9.97 Å². The zero-order valence-electron chi connectivity index (χ0n) is 12.1. The minimum atomic E-state index is 0.930. The van der Waals surface area contributed by atoms with Gasteiger partial charge in [0.25, 0.3) is 0 Å². The van der Waals surface area contributed by atoms with E-state index in [0.717, 1.165) is 34.9 Å². The number of aryl methyl sites for hydroxylation is 1. The molecule has 0 radical (unpaired) electrons. The molecule has 2 aromatic heterocycles. The van der Waals surface area contributed by atoms with E-state index in [2.05, 4.69) is 51.3 Å². The van der Waals surface area contributed by atoms with Crippen LogP contribution >= 0.6 is 15.9 Å². The highest BCUT2D eigenvalue weighted by Gasteiger charge is 2.15. The average Bonchev–Trinajstić information content (AvgIpc) is 2.60. The van der Waals surface area contributed by atoms with Crippen LogP contribution in [-0.2, 0) is 6.42 Å². The number of allylic oxidation sites excluding steroid dienone is 1. The minimum Gasteiger partial charge on any atom is -0.264 e. The molecule has 1 aliphatic carbocycles. The van der Waals surface area contributed by atoms with Gasteiger partial charge in [-0.05, 0) is 36.1 Å². The number of hydrogen-bond donors (Lipinski definition) is 0. The summed E-state index contributed by atoms with van der Waals surface area (Å²) in [6.07, 6.45) is 8.38. The fourth-order valence-electron chi connectivity index (χ4n) is 2.98. The lowest BCUT2D eigenvalue weighted by atomic mass is 9.90. The van der Waals surface area contributed by atoms with Gasteiger partial charge < -0.3 is 0 Å². The Hall–Kier alpha value is -2.00. The lowest BCUT2D eigenvalue weighted by Gasteiger charge is -2.17. The summed E-state index contributed by atoms with van der Waals surface area (Å²) in [4.78, 5) is 9.25. The molecule has 0 saturated carbocycles. The molecule has 4 rings (SSSR count). The van der Waals surface area contributed by atoms with Crippen molar-refractivity contribution in [2.45, 2.75) is 12.8 Å². The summed E-state index contributed by atoms with van der Waals surface area (Å²) >= 11 is 3.58. The van der Waals surface area contributed by atoms with Crippen LogP contribution in [0.2, 0.25) is 0 Å². The Morgan fingerprint density at radius 1 is 1.00 bits per heavy atom. The van der Waals surface area contributed by atoms with Crippen molar-refractivity contribution < 1.29 is 0 Å². The molecule has 3 heteroatoms. The number of halogens is 1. The summed E-state index contributed by atoms with van der Waals surface area (Å²) in [7, 11) is 0. The number of benzene rings is 1. The zero-order valence-corrected chi connectivity index (χ0v) is 13.7. The van der Waals surface area contributed by atoms with E-state index in [0.29, 0.717) is 0 Å². The Labute approximate surface area is 138 Å². The van der Waals surface area contributed by atoms with E-state index in [1.54, 1.807) is 0 Å². The molecule has 22 heavy (non-hydrogen) atoms. The number of fused-ring (bicyclic) bond motifs is 2. The second-order valence-electron chi connectivity index (χ2n) is 5.59. The predicted octanol–water partition coefficient (Wildman–Crippen LogP) is 5.02. The molecule has 0 bridgehead atoms. The van der Waals surface area contributed by atoms with Gasteiger partial charge in [-0.1, -0.05) is 51.8 Å². The van der Waals surface area contributed by atoms with E-state index in [-0.39, 0.29) is 0 Å². The highest BCUT2D eigenvalue weighted by Crippen LogP contribution is 2.32. The topological polar surface area (TPSA) is 25.8 Å². The number of nitrogens with zero attached hydrogens (tertiary/aromatic N) is 2. The number of pyridine rings is 2. The second-order valence-corrected chi connectivity index (χ2v) is 6.15. The van der Waals surface area contributed by atoms with Gasteiger partial charge in [0.1, 0.15) is 0 Å². The smallest absolute Gasteiger partial charge is 0.0731 e. The fraction of sp³-hybridized carbons (Fsp3) is 0.158. The first kappa shape index (κ1) is 13.6. The molecule has 0 unspecified atom stereocenters. The molecule has 0 fully saturated rings. The molecule has 3 aromatic rings. The van der Waals surface area contributed by atoms with Crippen molar-refractivity contribution >= 4 is 32.9 Å². The largest absolute Gasteiger partial charge is 0.264 e. The van der Waals surface area contributed by atoms with Crippen LogP contribution in [0.15, 0.2) is 54.4 Å². The van der Waals surface area contributed by atoms with Gasteiger partial charge in [-0.2, -0.15) is 0 Å². The molecule has 0 aliphatic heterocycles. The molecular weight excluding hydrogens is 336 g/mol. The summed E-state index contributed by atoms with van der Waals surface area (Å²) < 4.78 is 0. The molecule has 0 N–H and O–H groups in total. The van der Waals surface area contributed by atoms with Gasteiger partial charge in [-0.25, -0.2) is 4.98 Å². The molecule has 1 aromatic carbocycles. The first-order valence-corrected chi connectivity index (χ1v) is 8.56. The van der Waals surface area contributed by atoms with Crippen LogP contribution in [-0.4, -0.2) is 15.3 Å². The standard InChI is InChI=1S/C19H15BrN2/c20-10-13-5-6-15-11-21-12-17(16(15)9-13)19-8-7-14-3-1-2-4-18(14)22-19/h1-4,7-9,11-12H,5-6,10H2. The van der Waals surface area contributed by atoms with Crippen LogP contribution in [0.1, 0.15) is 17.5 Å². The third-order valence-corrected chi connectivity index (χ3v) is 4.90. The molecule has 0 spiro atoms. The number of rotatable bonds is 2. The summed E-state index contributed by atoms with van der Waals surface area (Å²) in [6.45, 7) is 0. The van der Waals surface area contributed by atoms with Gasteiger partial charge in [-0.3, -0.25) is 4.98 Å². The van der Waals surface area contributed by atoms with Gasteiger partial charge in [0.05, 0.1) is 11.2 Å². The summed E-state index contributed by atoms with van der Waals surface area (Å²) in [5.74, 6) is 0. The molecule has 2 heterocycles. The van der Waals surface area contributed by atoms with E-state index in [1.165, 1.54) is 22.1 Å². The minimum absolute atomic E-state index is 0.930. The Balaban J connectivity index is 1.91. The second kappa shape index (κ2) is 5.65. The first-order chi connectivity index (χ1) is 10.8.